The van der Waals surface area contributed by atoms with E-state index in [1.165, 1.54) is 13.2 Å². The van der Waals surface area contributed by atoms with Crippen molar-refractivity contribution in [2.24, 2.45) is 7.05 Å². The van der Waals surface area contributed by atoms with Crippen LogP contribution in [-0.4, -0.2) is 36.1 Å². The number of aryl methyl sites for hydroxylation is 1. The Morgan fingerprint density at radius 2 is 2.07 bits per heavy atom. The predicted molar refractivity (Wildman–Crippen MR) is 92.6 cm³/mol. The number of carbonyl (C=O) groups excluding carboxylic acids is 1. The van der Waals surface area contributed by atoms with Crippen molar-refractivity contribution in [3.8, 4) is 5.75 Å². The van der Waals surface area contributed by atoms with Crippen molar-refractivity contribution in [1.29, 1.82) is 0 Å². The number of carbonyl (C=O) groups is 1. The van der Waals surface area contributed by atoms with E-state index >= 15 is 0 Å². The molecular weight excluding hydrogens is 365 g/mol. The summed E-state index contributed by atoms with van der Waals surface area (Å²) in [5, 5.41) is 9.11. The zero-order valence-electron chi connectivity index (χ0n) is 15.1. The number of amides is 2. The summed E-state index contributed by atoms with van der Waals surface area (Å²) in [6.07, 6.45) is -2.97. The maximum absolute atomic E-state index is 13.0. The molecule has 0 saturated carbocycles. The van der Waals surface area contributed by atoms with Crippen LogP contribution in [0, 0.1) is 0 Å². The second kappa shape index (κ2) is 8.76. The molecule has 27 heavy (non-hydrogen) atoms. The third kappa shape index (κ3) is 5.36. The molecule has 2 aromatic rings. The van der Waals surface area contributed by atoms with Crippen LogP contribution < -0.4 is 15.4 Å². The van der Waals surface area contributed by atoms with Gasteiger partial charge in [0.2, 0.25) is 0 Å². The number of alkyl halides is 3. The molecule has 7 nitrogen and oxygen atoms in total. The Morgan fingerprint density at radius 3 is 2.63 bits per heavy atom. The third-order valence-electron chi connectivity index (χ3n) is 3.71. The van der Waals surface area contributed by atoms with Crippen molar-refractivity contribution >= 4 is 11.7 Å². The van der Waals surface area contributed by atoms with Gasteiger partial charge in [0.05, 0.1) is 36.2 Å². The average molecular weight is 386 g/mol. The predicted octanol–water partition coefficient (Wildman–Crippen LogP) is 3.35. The number of benzene rings is 1. The zero-order chi connectivity index (χ0) is 20.0. The highest BCUT2D eigenvalue weighted by Crippen LogP contribution is 2.35. The maximum atomic E-state index is 13.0. The van der Waals surface area contributed by atoms with Crippen LogP contribution in [0.2, 0.25) is 0 Å². The molecule has 0 radical (unpaired) electrons. The summed E-state index contributed by atoms with van der Waals surface area (Å²) in [5.74, 6) is 0.143. The van der Waals surface area contributed by atoms with Crippen LogP contribution in [0.5, 0.6) is 5.75 Å². The molecule has 0 fully saturated rings. The monoisotopic (exact) mass is 386 g/mol. The summed E-state index contributed by atoms with van der Waals surface area (Å²) in [7, 11) is 3.18. The first-order chi connectivity index (χ1) is 12.8. The van der Waals surface area contributed by atoms with E-state index in [9.17, 15) is 18.0 Å². The van der Waals surface area contributed by atoms with Crippen LogP contribution in [0.3, 0.4) is 0 Å². The summed E-state index contributed by atoms with van der Waals surface area (Å²) >= 11 is 0. The van der Waals surface area contributed by atoms with E-state index in [1.54, 1.807) is 30.9 Å². The van der Waals surface area contributed by atoms with Crippen molar-refractivity contribution in [3.63, 3.8) is 0 Å². The summed E-state index contributed by atoms with van der Waals surface area (Å²) in [6, 6.07) is 3.38. The quantitative estimate of drug-likeness (QED) is 0.765. The fourth-order valence-electron chi connectivity index (χ4n) is 2.50. The van der Waals surface area contributed by atoms with E-state index in [2.05, 4.69) is 15.7 Å². The first kappa shape index (κ1) is 20.6. The van der Waals surface area contributed by atoms with Crippen molar-refractivity contribution in [2.45, 2.75) is 19.1 Å². The molecule has 1 aromatic heterocycles. The lowest BCUT2D eigenvalue weighted by molar-refractivity contribution is -0.137. The van der Waals surface area contributed by atoms with Crippen LogP contribution in [0.1, 0.15) is 24.2 Å². The topological polar surface area (TPSA) is 77.4 Å². The number of urea groups is 1. The minimum Gasteiger partial charge on any atom is -0.492 e. The Morgan fingerprint density at radius 1 is 1.33 bits per heavy atom. The van der Waals surface area contributed by atoms with E-state index in [-0.39, 0.29) is 24.7 Å². The summed E-state index contributed by atoms with van der Waals surface area (Å²) in [4.78, 5) is 12.4. The van der Waals surface area contributed by atoms with Gasteiger partial charge in [-0.3, -0.25) is 4.68 Å². The van der Waals surface area contributed by atoms with Gasteiger partial charge in [0, 0.05) is 20.4 Å². The Bertz CT molecular complexity index is 777. The number of nitrogens with zero attached hydrogens (tertiary/aromatic N) is 2. The number of hydrogen-bond donors (Lipinski definition) is 2. The Hall–Kier alpha value is -2.75. The SMILES string of the molecule is CCOc1ccc(C(F)(F)F)cc1NC(=O)NC(COC)c1ccnn1C. The van der Waals surface area contributed by atoms with E-state index in [0.717, 1.165) is 12.1 Å². The van der Waals surface area contributed by atoms with E-state index in [1.807, 2.05) is 0 Å². The first-order valence-electron chi connectivity index (χ1n) is 8.14. The fraction of sp³-hybridized carbons (Fsp3) is 0.412. The van der Waals surface area contributed by atoms with Gasteiger partial charge in [-0.15, -0.1) is 0 Å². The Labute approximate surface area is 154 Å². The molecule has 0 spiro atoms. The normalized spacial score (nSPS) is 12.5. The molecule has 148 valence electrons. The van der Waals surface area contributed by atoms with E-state index in [0.29, 0.717) is 5.69 Å². The summed E-state index contributed by atoms with van der Waals surface area (Å²) < 4.78 is 50.9. The molecule has 0 aliphatic rings. The minimum atomic E-state index is -4.54. The number of halogens is 3. The standard InChI is InChI=1S/C17H21F3N4O3/c1-4-27-15-6-5-11(17(18,19)20)9-12(15)22-16(25)23-13(10-26-3)14-7-8-21-24(14)2/h5-9,13H,4,10H2,1-3H3,(H2,22,23,25). The van der Waals surface area contributed by atoms with Gasteiger partial charge in [0.1, 0.15) is 5.75 Å². The van der Waals surface area contributed by atoms with Crippen LogP contribution in [0.25, 0.3) is 0 Å². The lowest BCUT2D eigenvalue weighted by Crippen LogP contribution is -2.36. The van der Waals surface area contributed by atoms with Crippen molar-refractivity contribution in [1.82, 2.24) is 15.1 Å². The lowest BCUT2D eigenvalue weighted by atomic mass is 10.1. The highest BCUT2D eigenvalue weighted by atomic mass is 19.4. The highest BCUT2D eigenvalue weighted by molar-refractivity contribution is 5.91. The molecule has 1 unspecified atom stereocenters. The molecule has 0 bridgehead atoms. The summed E-state index contributed by atoms with van der Waals surface area (Å²) in [5.41, 5.74) is -0.284. The third-order valence-corrected chi connectivity index (χ3v) is 3.71. The largest absolute Gasteiger partial charge is 0.492 e. The molecule has 2 rings (SSSR count). The second-order valence-corrected chi connectivity index (χ2v) is 5.63. The van der Waals surface area contributed by atoms with Crippen LogP contribution in [0.4, 0.5) is 23.7 Å². The lowest BCUT2D eigenvalue weighted by Gasteiger charge is -2.20. The highest BCUT2D eigenvalue weighted by Gasteiger charge is 2.31. The van der Waals surface area contributed by atoms with Crippen molar-refractivity contribution in [2.75, 3.05) is 25.6 Å². The number of aromatic nitrogens is 2. The molecule has 0 saturated heterocycles. The summed E-state index contributed by atoms with van der Waals surface area (Å²) in [6.45, 7) is 2.09. The molecule has 0 aliphatic heterocycles. The number of rotatable bonds is 7. The van der Waals surface area contributed by atoms with Crippen LogP contribution in [0.15, 0.2) is 30.5 Å². The maximum Gasteiger partial charge on any atom is 0.416 e. The molecule has 1 heterocycles. The number of nitrogens with one attached hydrogen (secondary N) is 2. The van der Waals surface area contributed by atoms with Crippen molar-refractivity contribution < 1.29 is 27.4 Å². The van der Waals surface area contributed by atoms with Gasteiger partial charge >= 0.3 is 12.2 Å². The molecule has 1 atom stereocenters. The fourth-order valence-corrected chi connectivity index (χ4v) is 2.50. The minimum absolute atomic E-state index is 0.0784. The smallest absolute Gasteiger partial charge is 0.416 e. The van der Waals surface area contributed by atoms with Crippen LogP contribution >= 0.6 is 0 Å². The van der Waals surface area contributed by atoms with Crippen molar-refractivity contribution in [3.05, 3.63) is 41.7 Å². The Balaban J connectivity index is 2.21. The number of ether oxygens (including phenoxy) is 2. The zero-order valence-corrected chi connectivity index (χ0v) is 15.1. The first-order valence-corrected chi connectivity index (χ1v) is 8.14. The Kier molecular flexibility index (Phi) is 6.67. The molecule has 10 heteroatoms. The van der Waals surface area contributed by atoms with Gasteiger partial charge in [-0.25, -0.2) is 4.79 Å². The number of hydrogen-bond acceptors (Lipinski definition) is 4. The molecule has 0 aliphatic carbocycles. The number of methoxy groups -OCH3 is 1. The van der Waals surface area contributed by atoms with Gasteiger partial charge in [-0.05, 0) is 31.2 Å². The van der Waals surface area contributed by atoms with Gasteiger partial charge in [0.15, 0.2) is 0 Å². The van der Waals surface area contributed by atoms with Gasteiger partial charge in [0.25, 0.3) is 0 Å². The molecule has 1 aromatic carbocycles. The van der Waals surface area contributed by atoms with Crippen LogP contribution in [-0.2, 0) is 18.0 Å². The van der Waals surface area contributed by atoms with Gasteiger partial charge < -0.3 is 20.1 Å². The van der Waals surface area contributed by atoms with E-state index in [4.69, 9.17) is 9.47 Å². The molecular formula is C17H21F3N4O3. The second-order valence-electron chi connectivity index (χ2n) is 5.63. The molecule has 2 amide bonds. The van der Waals surface area contributed by atoms with Gasteiger partial charge in [-0.1, -0.05) is 0 Å². The van der Waals surface area contributed by atoms with Gasteiger partial charge in [-0.2, -0.15) is 18.3 Å². The van der Waals surface area contributed by atoms with E-state index < -0.39 is 23.8 Å². The average Bonchev–Trinajstić information content (AvgIpc) is 3.01. The number of anilines is 1. The molecule has 2 N–H and O–H groups in total.